The van der Waals surface area contributed by atoms with Crippen LogP contribution in [-0.2, 0) is 0 Å². The standard InChI is InChI=1S/C15H12BN3O/c20-12-7-5-11(6-8-12)16-18-14-4-2-1-3-13(14)15-9-10-17-19(15)16/h1-10,18,20H. The Labute approximate surface area is 116 Å². The quantitative estimate of drug-likeness (QED) is 0.658. The van der Waals surface area contributed by atoms with Gasteiger partial charge in [-0.2, -0.15) is 5.10 Å². The first kappa shape index (κ1) is 11.2. The number of phenols is 1. The zero-order valence-corrected chi connectivity index (χ0v) is 10.7. The number of aromatic nitrogens is 2. The molecule has 0 amide bonds. The maximum Gasteiger partial charge on any atom is 0.430 e. The Morgan fingerprint density at radius 2 is 1.80 bits per heavy atom. The van der Waals surface area contributed by atoms with E-state index in [-0.39, 0.29) is 12.7 Å². The second kappa shape index (κ2) is 4.16. The van der Waals surface area contributed by atoms with Crippen LogP contribution in [0.2, 0.25) is 0 Å². The third-order valence-corrected chi connectivity index (χ3v) is 3.62. The van der Waals surface area contributed by atoms with Crippen LogP contribution in [-0.4, -0.2) is 21.8 Å². The fourth-order valence-corrected chi connectivity index (χ4v) is 2.66. The summed E-state index contributed by atoms with van der Waals surface area (Å²) in [7, 11) is 0. The predicted molar refractivity (Wildman–Crippen MR) is 80.2 cm³/mol. The van der Waals surface area contributed by atoms with E-state index in [1.807, 2.05) is 41.1 Å². The summed E-state index contributed by atoms with van der Waals surface area (Å²) in [5.74, 6) is 0.269. The molecule has 2 aromatic carbocycles. The monoisotopic (exact) mass is 261 g/mol. The van der Waals surface area contributed by atoms with Crippen LogP contribution >= 0.6 is 0 Å². The van der Waals surface area contributed by atoms with Crippen molar-refractivity contribution in [3.63, 3.8) is 0 Å². The molecule has 0 bridgehead atoms. The Hall–Kier alpha value is -2.69. The van der Waals surface area contributed by atoms with Gasteiger partial charge < -0.3 is 10.3 Å². The molecule has 1 aliphatic heterocycles. The number of hydrogen-bond donors (Lipinski definition) is 2. The first-order valence-corrected chi connectivity index (χ1v) is 6.51. The van der Waals surface area contributed by atoms with Crippen molar-refractivity contribution in [2.45, 2.75) is 0 Å². The Kier molecular flexibility index (Phi) is 2.33. The molecular weight excluding hydrogens is 249 g/mol. The first-order valence-electron chi connectivity index (χ1n) is 6.51. The summed E-state index contributed by atoms with van der Waals surface area (Å²) < 4.78 is 1.97. The minimum Gasteiger partial charge on any atom is -0.508 e. The number of benzene rings is 2. The molecule has 4 rings (SSSR count). The van der Waals surface area contributed by atoms with Gasteiger partial charge in [-0.1, -0.05) is 30.3 Å². The zero-order valence-electron chi connectivity index (χ0n) is 10.7. The molecule has 2 heterocycles. The van der Waals surface area contributed by atoms with E-state index in [1.54, 1.807) is 12.1 Å². The summed E-state index contributed by atoms with van der Waals surface area (Å²) in [6.45, 7) is -0.0597. The van der Waals surface area contributed by atoms with Gasteiger partial charge in [0.25, 0.3) is 0 Å². The molecule has 96 valence electrons. The van der Waals surface area contributed by atoms with Gasteiger partial charge in [0.2, 0.25) is 0 Å². The molecular formula is C15H12BN3O. The maximum absolute atomic E-state index is 9.43. The van der Waals surface area contributed by atoms with E-state index in [2.05, 4.69) is 22.5 Å². The Morgan fingerprint density at radius 1 is 1.00 bits per heavy atom. The molecule has 0 spiro atoms. The molecule has 0 radical (unpaired) electrons. The summed E-state index contributed by atoms with van der Waals surface area (Å²) in [4.78, 5) is 0. The largest absolute Gasteiger partial charge is 0.508 e. The van der Waals surface area contributed by atoms with E-state index in [0.29, 0.717) is 0 Å². The topological polar surface area (TPSA) is 50.1 Å². The van der Waals surface area contributed by atoms with Gasteiger partial charge in [0.05, 0.1) is 5.69 Å². The van der Waals surface area contributed by atoms with Crippen molar-refractivity contribution in [1.29, 1.82) is 0 Å². The lowest BCUT2D eigenvalue weighted by Gasteiger charge is -2.26. The van der Waals surface area contributed by atoms with Crippen molar-refractivity contribution in [3.8, 4) is 17.0 Å². The van der Waals surface area contributed by atoms with Crippen LogP contribution in [0.15, 0.2) is 60.8 Å². The van der Waals surface area contributed by atoms with Crippen molar-refractivity contribution in [2.24, 2.45) is 0 Å². The Balaban J connectivity index is 1.87. The minimum absolute atomic E-state index is 0.0597. The van der Waals surface area contributed by atoms with Gasteiger partial charge in [0.15, 0.2) is 0 Å². The zero-order chi connectivity index (χ0) is 13.5. The molecule has 0 aliphatic carbocycles. The number of aromatic hydroxyl groups is 1. The van der Waals surface area contributed by atoms with E-state index < -0.39 is 0 Å². The van der Waals surface area contributed by atoms with Crippen molar-refractivity contribution in [2.75, 3.05) is 5.23 Å². The van der Waals surface area contributed by atoms with Gasteiger partial charge in [-0.25, -0.2) is 0 Å². The van der Waals surface area contributed by atoms with Gasteiger partial charge in [-0.15, -0.1) is 0 Å². The van der Waals surface area contributed by atoms with Crippen LogP contribution in [0.1, 0.15) is 0 Å². The Bertz CT molecular complexity index is 767. The third-order valence-electron chi connectivity index (χ3n) is 3.62. The number of phenolic OH excluding ortho intramolecular Hbond substituents is 1. The van der Waals surface area contributed by atoms with Crippen LogP contribution in [0.4, 0.5) is 5.69 Å². The summed E-state index contributed by atoms with van der Waals surface area (Å²) >= 11 is 0. The van der Waals surface area contributed by atoms with Crippen LogP contribution in [0.3, 0.4) is 0 Å². The van der Waals surface area contributed by atoms with Gasteiger partial charge in [-0.3, -0.25) is 4.59 Å². The normalized spacial score (nSPS) is 12.5. The fraction of sp³-hybridized carbons (Fsp3) is 0. The molecule has 20 heavy (non-hydrogen) atoms. The molecule has 2 N–H and O–H groups in total. The van der Waals surface area contributed by atoms with Crippen molar-refractivity contribution in [3.05, 3.63) is 60.8 Å². The molecule has 0 fully saturated rings. The van der Waals surface area contributed by atoms with Crippen molar-refractivity contribution in [1.82, 2.24) is 9.69 Å². The average Bonchev–Trinajstić information content (AvgIpc) is 2.97. The Morgan fingerprint density at radius 3 is 2.65 bits per heavy atom. The second-order valence-electron chi connectivity index (χ2n) is 4.85. The fourth-order valence-electron chi connectivity index (χ4n) is 2.66. The molecule has 0 atom stereocenters. The highest BCUT2D eigenvalue weighted by Gasteiger charge is 2.30. The highest BCUT2D eigenvalue weighted by Crippen LogP contribution is 2.31. The van der Waals surface area contributed by atoms with E-state index in [1.165, 1.54) is 0 Å². The highest BCUT2D eigenvalue weighted by molar-refractivity contribution is 6.75. The molecule has 3 aromatic rings. The maximum atomic E-state index is 9.43. The molecule has 1 aliphatic rings. The molecule has 5 heteroatoms. The van der Waals surface area contributed by atoms with Crippen LogP contribution in [0, 0.1) is 0 Å². The molecule has 4 nitrogen and oxygen atoms in total. The van der Waals surface area contributed by atoms with Gasteiger partial charge >= 0.3 is 6.98 Å². The van der Waals surface area contributed by atoms with Crippen LogP contribution in [0.25, 0.3) is 11.3 Å². The molecule has 0 saturated heterocycles. The van der Waals surface area contributed by atoms with Crippen molar-refractivity contribution < 1.29 is 5.11 Å². The summed E-state index contributed by atoms with van der Waals surface area (Å²) in [6.07, 6.45) is 1.81. The van der Waals surface area contributed by atoms with Crippen LogP contribution < -0.4 is 10.7 Å². The van der Waals surface area contributed by atoms with Crippen LogP contribution in [0.5, 0.6) is 5.75 Å². The third kappa shape index (κ3) is 1.60. The summed E-state index contributed by atoms with van der Waals surface area (Å²) in [6, 6.07) is 17.4. The van der Waals surface area contributed by atoms with Gasteiger partial charge in [-0.05, 0) is 29.7 Å². The predicted octanol–water partition coefficient (Wildman–Crippen LogP) is 1.92. The highest BCUT2D eigenvalue weighted by atomic mass is 16.3. The lowest BCUT2D eigenvalue weighted by atomic mass is 9.66. The molecule has 0 unspecified atom stereocenters. The van der Waals surface area contributed by atoms with Gasteiger partial charge in [0, 0.05) is 17.4 Å². The number of anilines is 1. The lowest BCUT2D eigenvalue weighted by Crippen LogP contribution is -2.48. The molecule has 0 saturated carbocycles. The molecule has 1 aromatic heterocycles. The van der Waals surface area contributed by atoms with E-state index >= 15 is 0 Å². The van der Waals surface area contributed by atoms with E-state index in [0.717, 1.165) is 22.4 Å². The van der Waals surface area contributed by atoms with E-state index in [4.69, 9.17) is 0 Å². The number of nitrogens with zero attached hydrogens (tertiary/aromatic N) is 2. The van der Waals surface area contributed by atoms with Gasteiger partial charge in [0.1, 0.15) is 5.75 Å². The second-order valence-corrected chi connectivity index (χ2v) is 4.85. The number of hydrogen-bond acceptors (Lipinski definition) is 3. The number of fused-ring (bicyclic) bond motifs is 3. The summed E-state index contributed by atoms with van der Waals surface area (Å²) in [5, 5.41) is 17.3. The number of para-hydroxylation sites is 1. The number of nitrogens with one attached hydrogen (secondary N) is 1. The minimum atomic E-state index is -0.0597. The number of rotatable bonds is 1. The average molecular weight is 261 g/mol. The van der Waals surface area contributed by atoms with Crippen molar-refractivity contribution >= 4 is 18.1 Å². The smallest absolute Gasteiger partial charge is 0.430 e. The first-order chi connectivity index (χ1) is 9.83. The lowest BCUT2D eigenvalue weighted by molar-refractivity contribution is 0.475. The van der Waals surface area contributed by atoms with E-state index in [9.17, 15) is 5.11 Å². The summed E-state index contributed by atoms with van der Waals surface area (Å²) in [5.41, 5.74) is 4.40. The SMILES string of the molecule is Oc1ccc(B2Nc3ccccc3-c3ccnn32)cc1.